The summed E-state index contributed by atoms with van der Waals surface area (Å²) in [5, 5.41) is 22.0. The fourth-order valence-electron chi connectivity index (χ4n) is 7.41. The van der Waals surface area contributed by atoms with Crippen LogP contribution in [0.3, 0.4) is 0 Å². The second-order valence-electron chi connectivity index (χ2n) is 17.2. The topological polar surface area (TPSA) is 293 Å². The lowest BCUT2D eigenvalue weighted by atomic mass is 10.3. The maximum atomic E-state index is 13.3. The summed E-state index contributed by atoms with van der Waals surface area (Å²) in [4.78, 5) is 113. The van der Waals surface area contributed by atoms with Gasteiger partial charge in [-0.1, -0.05) is 0 Å². The molecule has 6 aromatic heterocycles. The van der Waals surface area contributed by atoms with E-state index in [1.54, 1.807) is 91.5 Å². The minimum atomic E-state index is -0.602. The minimum absolute atomic E-state index is 0.0180. The van der Waals surface area contributed by atoms with Gasteiger partial charge in [-0.05, 0) is 30.7 Å². The summed E-state index contributed by atoms with van der Waals surface area (Å²) in [6.07, 6.45) is 12.2. The highest BCUT2D eigenvalue weighted by Crippen LogP contribution is 2.21. The number of amides is 8. The van der Waals surface area contributed by atoms with Crippen molar-refractivity contribution in [3.05, 3.63) is 102 Å². The molecule has 0 radical (unpaired) electrons. The highest BCUT2D eigenvalue weighted by Gasteiger charge is 2.22. The van der Waals surface area contributed by atoms with Gasteiger partial charge in [0.05, 0.1) is 43.4 Å². The lowest BCUT2D eigenvalue weighted by Crippen LogP contribution is -3.05. The zero-order chi connectivity index (χ0) is 51.5. The van der Waals surface area contributed by atoms with Crippen molar-refractivity contribution in [1.29, 1.82) is 0 Å². The first kappa shape index (κ1) is 51.6. The van der Waals surface area contributed by atoms with Crippen LogP contribution in [-0.4, -0.2) is 125 Å². The second kappa shape index (κ2) is 23.0. The van der Waals surface area contributed by atoms with Crippen molar-refractivity contribution >= 4 is 75.8 Å². The third-order valence-corrected chi connectivity index (χ3v) is 11.0. The van der Waals surface area contributed by atoms with Gasteiger partial charge in [0.1, 0.15) is 22.8 Å². The van der Waals surface area contributed by atoms with E-state index in [1.807, 2.05) is 14.1 Å². The first-order valence-electron chi connectivity index (χ1n) is 22.6. The van der Waals surface area contributed by atoms with Crippen LogP contribution in [0.25, 0.3) is 0 Å². The zero-order valence-corrected chi connectivity index (χ0v) is 40.9. The molecule has 0 aliphatic heterocycles. The number of hydrogen-bond acceptors (Lipinski definition) is 10. The van der Waals surface area contributed by atoms with Gasteiger partial charge in [-0.15, -0.1) is 0 Å². The number of carbonyl (C=O) groups excluding carboxylic acids is 8. The van der Waals surface area contributed by atoms with E-state index >= 15 is 0 Å². The summed E-state index contributed by atoms with van der Waals surface area (Å²) in [6.45, 7) is 1.81. The summed E-state index contributed by atoms with van der Waals surface area (Å²) >= 11 is 0. The maximum Gasteiger partial charge on any atom is 0.291 e. The van der Waals surface area contributed by atoms with Gasteiger partial charge in [0.25, 0.3) is 35.4 Å². The molecular weight excluding hydrogens is 919 g/mol. The molecule has 0 unspecified atom stereocenters. The van der Waals surface area contributed by atoms with Gasteiger partial charge >= 0.3 is 0 Å². The Morgan fingerprint density at radius 3 is 1.39 bits per heavy atom. The van der Waals surface area contributed by atoms with Crippen LogP contribution in [0, 0.1) is 0 Å². The highest BCUT2D eigenvalue weighted by atomic mass is 16.2. The van der Waals surface area contributed by atoms with E-state index < -0.39 is 41.4 Å². The maximum absolute atomic E-state index is 13.3. The normalized spacial score (nSPS) is 11.0. The van der Waals surface area contributed by atoms with Gasteiger partial charge in [-0.2, -0.15) is 0 Å². The molecule has 0 atom stereocenters. The Labute approximate surface area is 408 Å². The van der Waals surface area contributed by atoms with Crippen molar-refractivity contribution in [3.8, 4) is 0 Å². The third-order valence-electron chi connectivity index (χ3n) is 11.0. The van der Waals surface area contributed by atoms with Crippen LogP contribution < -0.4 is 47.4 Å². The lowest BCUT2D eigenvalue weighted by molar-refractivity contribution is -0.858. The second-order valence-corrected chi connectivity index (χ2v) is 17.2. The fourth-order valence-corrected chi connectivity index (χ4v) is 7.41. The SMILES string of the molecule is Cn1cc(NC(=O)c2cc(NC(=O)c3nccn3C)cn2C)cc1C(=O)NCCCC(=O)Nc1cn(C)c(C(=O)Nc2cc(C(=O)Nc3cc(C(=O)NCCC(=O)NCCC[NH+](C)C)n(C)c3)n(C)c2)n1. The van der Waals surface area contributed by atoms with E-state index in [0.717, 1.165) is 13.0 Å². The van der Waals surface area contributed by atoms with Crippen LogP contribution >= 0.6 is 0 Å². The molecule has 6 heterocycles. The van der Waals surface area contributed by atoms with Crippen LogP contribution in [0.4, 0.5) is 28.6 Å². The molecule has 376 valence electrons. The molecule has 0 aromatic carbocycles. The third kappa shape index (κ3) is 13.7. The number of carbonyl (C=O) groups is 8. The van der Waals surface area contributed by atoms with E-state index in [0.29, 0.717) is 29.3 Å². The molecule has 0 saturated heterocycles. The number of anilines is 5. The molecule has 0 aliphatic rings. The van der Waals surface area contributed by atoms with Crippen molar-refractivity contribution < 1.29 is 43.3 Å². The van der Waals surface area contributed by atoms with Crippen LogP contribution in [0.5, 0.6) is 0 Å². The number of nitrogens with zero attached hydrogens (tertiary/aromatic N) is 8. The fraction of sp³-hybridized carbons (Fsp3) is 0.348. The van der Waals surface area contributed by atoms with E-state index in [1.165, 1.54) is 50.7 Å². The smallest absolute Gasteiger partial charge is 0.291 e. The van der Waals surface area contributed by atoms with E-state index in [9.17, 15) is 38.4 Å². The quantitative estimate of drug-likeness (QED) is 0.0423. The molecule has 71 heavy (non-hydrogen) atoms. The van der Waals surface area contributed by atoms with Gasteiger partial charge in [0, 0.05) is 125 Å². The number of rotatable bonds is 22. The monoisotopic (exact) mass is 978 g/mol. The predicted octanol–water partition coefficient (Wildman–Crippen LogP) is 0.436. The van der Waals surface area contributed by atoms with Crippen molar-refractivity contribution in [2.45, 2.75) is 25.7 Å². The average Bonchev–Trinajstić information content (AvgIpc) is 4.17. The van der Waals surface area contributed by atoms with Crippen LogP contribution in [0.15, 0.2) is 67.6 Å². The van der Waals surface area contributed by atoms with Crippen molar-refractivity contribution in [2.75, 3.05) is 66.9 Å². The molecule has 0 aliphatic carbocycles. The van der Waals surface area contributed by atoms with Crippen LogP contribution in [0.1, 0.15) is 88.9 Å². The Balaban J connectivity index is 0.916. The van der Waals surface area contributed by atoms with Gasteiger partial charge in [0.2, 0.25) is 17.6 Å². The Bertz CT molecular complexity index is 2960. The number of quaternary nitrogens is 1. The van der Waals surface area contributed by atoms with Crippen molar-refractivity contribution in [1.82, 2.24) is 53.3 Å². The largest absolute Gasteiger partial charge is 0.356 e. The number of hydrogen-bond donors (Lipinski definition) is 9. The van der Waals surface area contributed by atoms with E-state index in [2.05, 4.69) is 52.5 Å². The Hall–Kier alpha value is -8.74. The number of nitrogens with one attached hydrogen (secondary N) is 9. The molecule has 0 fully saturated rings. The van der Waals surface area contributed by atoms with Crippen LogP contribution in [0.2, 0.25) is 0 Å². The first-order chi connectivity index (χ1) is 33.8. The Morgan fingerprint density at radius 1 is 0.465 bits per heavy atom. The predicted molar refractivity (Wildman–Crippen MR) is 262 cm³/mol. The average molecular weight is 979 g/mol. The molecule has 8 amide bonds. The van der Waals surface area contributed by atoms with Gasteiger partial charge < -0.3 is 74.8 Å². The first-order valence-corrected chi connectivity index (χ1v) is 22.6. The Kier molecular flexibility index (Phi) is 16.8. The summed E-state index contributed by atoms with van der Waals surface area (Å²) in [7, 11) is 14.0. The molecular formula is C46H60N17O8+. The zero-order valence-electron chi connectivity index (χ0n) is 40.9. The molecule has 6 rings (SSSR count). The van der Waals surface area contributed by atoms with Gasteiger partial charge in [0.15, 0.2) is 11.6 Å². The molecule has 0 spiro atoms. The number of aryl methyl sites for hydroxylation is 6. The summed E-state index contributed by atoms with van der Waals surface area (Å²) in [5.41, 5.74) is 2.45. The lowest BCUT2D eigenvalue weighted by Gasteiger charge is -2.09. The molecule has 9 N–H and O–H groups in total. The number of aromatic nitrogens is 8. The van der Waals surface area contributed by atoms with Crippen molar-refractivity contribution in [2.24, 2.45) is 42.3 Å². The van der Waals surface area contributed by atoms with Crippen molar-refractivity contribution in [3.63, 3.8) is 0 Å². The molecule has 6 aromatic rings. The van der Waals surface area contributed by atoms with E-state index in [-0.39, 0.29) is 78.5 Å². The van der Waals surface area contributed by atoms with Gasteiger partial charge in [-0.3, -0.25) is 38.4 Å². The molecule has 25 nitrogen and oxygen atoms in total. The summed E-state index contributed by atoms with van der Waals surface area (Å²) < 4.78 is 9.21. The molecule has 0 bridgehead atoms. The van der Waals surface area contributed by atoms with E-state index in [4.69, 9.17) is 0 Å². The van der Waals surface area contributed by atoms with Gasteiger partial charge in [-0.25, -0.2) is 9.97 Å². The molecule has 25 heteroatoms. The standard InChI is InChI=1S/C46H59N17O8/c1-57(2)17-10-14-47-37(64)12-15-50-42(67)33-20-29(24-60(33)5)52-44(69)35-22-31(26-62(35)7)54-46(71)40-56-36(27-63(40)8)55-38(65)11-9-13-49-41(66)32-19-28(23-59(32)4)51-43(68)34-21-30(25-61(34)6)53-45(70)39-48-16-18-58(39)3/h16,18-27H,9-15,17H2,1-8H3,(H,47,64)(H,49,66)(H,50,67)(H,51,68)(H,52,69)(H,53,70)(H,54,71)(H,55,65)/p+1. The summed E-state index contributed by atoms with van der Waals surface area (Å²) in [5.74, 6) is -3.05. The highest BCUT2D eigenvalue weighted by molar-refractivity contribution is 6.08. The Morgan fingerprint density at radius 2 is 0.915 bits per heavy atom. The molecule has 0 saturated carbocycles. The number of imidazole rings is 2. The summed E-state index contributed by atoms with van der Waals surface area (Å²) in [6, 6.07) is 6.04. The minimum Gasteiger partial charge on any atom is -0.356 e. The van der Waals surface area contributed by atoms with Crippen LogP contribution in [-0.2, 0) is 51.9 Å².